The molecule has 0 aliphatic rings. The van der Waals surface area contributed by atoms with E-state index in [1.54, 1.807) is 0 Å². The third-order valence-corrected chi connectivity index (χ3v) is 3.29. The fraction of sp³-hybridized carbons (Fsp3) is 0.143. The topological polar surface area (TPSA) is 35.2 Å². The predicted molar refractivity (Wildman–Crippen MR) is 78.4 cm³/mol. The minimum absolute atomic E-state index is 0.659. The van der Waals surface area contributed by atoms with Crippen LogP contribution in [-0.4, -0.2) is 6.54 Å². The molecular formula is C14H14INO. The van der Waals surface area contributed by atoms with Gasteiger partial charge >= 0.3 is 0 Å². The van der Waals surface area contributed by atoms with E-state index in [1.807, 2.05) is 42.5 Å². The molecule has 2 rings (SSSR count). The number of para-hydroxylation sites is 1. The third-order valence-electron chi connectivity index (χ3n) is 2.40. The maximum absolute atomic E-state index is 5.85. The number of halogens is 1. The minimum atomic E-state index is 0.659. The summed E-state index contributed by atoms with van der Waals surface area (Å²) in [4.78, 5) is 0. The molecule has 0 bridgehead atoms. The number of hydrogen-bond donors (Lipinski definition) is 1. The van der Waals surface area contributed by atoms with Crippen LogP contribution in [0.5, 0.6) is 11.5 Å². The van der Waals surface area contributed by atoms with Crippen LogP contribution in [0.2, 0.25) is 0 Å². The standard InChI is InChI=1S/C14H14INO/c15-13-6-1-2-7-14(13)17-12-5-3-4-11(10-12)8-9-16/h1-7,10H,8-9,16H2. The van der Waals surface area contributed by atoms with Crippen molar-refractivity contribution in [1.82, 2.24) is 0 Å². The Morgan fingerprint density at radius 1 is 1.06 bits per heavy atom. The second kappa shape index (κ2) is 6.02. The molecule has 3 heteroatoms. The molecule has 2 aromatic rings. The number of benzene rings is 2. The highest BCUT2D eigenvalue weighted by Gasteiger charge is 2.02. The molecule has 88 valence electrons. The summed E-state index contributed by atoms with van der Waals surface area (Å²) in [7, 11) is 0. The first-order valence-corrected chi connectivity index (χ1v) is 6.59. The van der Waals surface area contributed by atoms with Gasteiger partial charge in [0.1, 0.15) is 11.5 Å². The van der Waals surface area contributed by atoms with Crippen molar-refractivity contribution in [3.8, 4) is 11.5 Å². The zero-order valence-corrected chi connectivity index (χ0v) is 11.6. The molecule has 2 N–H and O–H groups in total. The highest BCUT2D eigenvalue weighted by molar-refractivity contribution is 14.1. The van der Waals surface area contributed by atoms with Gasteiger partial charge in [-0.05, 0) is 65.4 Å². The van der Waals surface area contributed by atoms with Gasteiger partial charge in [0.05, 0.1) is 3.57 Å². The molecule has 0 amide bonds. The summed E-state index contributed by atoms with van der Waals surface area (Å²) < 4.78 is 6.95. The number of hydrogen-bond acceptors (Lipinski definition) is 2. The van der Waals surface area contributed by atoms with E-state index in [2.05, 4.69) is 28.7 Å². The molecule has 0 saturated heterocycles. The van der Waals surface area contributed by atoms with Crippen molar-refractivity contribution in [3.05, 3.63) is 57.7 Å². The first kappa shape index (κ1) is 12.4. The summed E-state index contributed by atoms with van der Waals surface area (Å²) in [6.45, 7) is 0.659. The zero-order valence-electron chi connectivity index (χ0n) is 9.40. The monoisotopic (exact) mass is 339 g/mol. The van der Waals surface area contributed by atoms with Gasteiger partial charge in [0, 0.05) is 0 Å². The predicted octanol–water partition coefficient (Wildman–Crippen LogP) is 3.58. The van der Waals surface area contributed by atoms with E-state index in [-0.39, 0.29) is 0 Å². The van der Waals surface area contributed by atoms with Gasteiger partial charge < -0.3 is 10.5 Å². The Labute approximate surface area is 115 Å². The Kier molecular flexibility index (Phi) is 4.39. The molecule has 2 aromatic carbocycles. The van der Waals surface area contributed by atoms with Crippen molar-refractivity contribution in [2.45, 2.75) is 6.42 Å². The molecule has 0 aliphatic heterocycles. The van der Waals surface area contributed by atoms with Gasteiger partial charge in [0.2, 0.25) is 0 Å². The van der Waals surface area contributed by atoms with Gasteiger partial charge in [-0.25, -0.2) is 0 Å². The Morgan fingerprint density at radius 3 is 2.65 bits per heavy atom. The van der Waals surface area contributed by atoms with Crippen molar-refractivity contribution >= 4 is 22.6 Å². The first-order chi connectivity index (χ1) is 8.29. The minimum Gasteiger partial charge on any atom is -0.456 e. The SMILES string of the molecule is NCCc1cccc(Oc2ccccc2I)c1. The van der Waals surface area contributed by atoms with Gasteiger partial charge in [-0.2, -0.15) is 0 Å². The number of rotatable bonds is 4. The zero-order chi connectivity index (χ0) is 12.1. The van der Waals surface area contributed by atoms with Crippen LogP contribution in [0.4, 0.5) is 0 Å². The Hall–Kier alpha value is -1.07. The Morgan fingerprint density at radius 2 is 1.88 bits per heavy atom. The van der Waals surface area contributed by atoms with Crippen LogP contribution in [0.15, 0.2) is 48.5 Å². The van der Waals surface area contributed by atoms with Gasteiger partial charge in [-0.1, -0.05) is 24.3 Å². The molecule has 0 fully saturated rings. The van der Waals surface area contributed by atoms with E-state index in [0.717, 1.165) is 21.5 Å². The van der Waals surface area contributed by atoms with Crippen molar-refractivity contribution in [3.63, 3.8) is 0 Å². The van der Waals surface area contributed by atoms with Gasteiger partial charge in [0.15, 0.2) is 0 Å². The van der Waals surface area contributed by atoms with Crippen LogP contribution in [0.25, 0.3) is 0 Å². The maximum atomic E-state index is 5.85. The van der Waals surface area contributed by atoms with Crippen LogP contribution in [-0.2, 0) is 6.42 Å². The van der Waals surface area contributed by atoms with Crippen molar-refractivity contribution in [1.29, 1.82) is 0 Å². The highest BCUT2D eigenvalue weighted by atomic mass is 127. The van der Waals surface area contributed by atoms with Gasteiger partial charge in [-0.3, -0.25) is 0 Å². The summed E-state index contributed by atoms with van der Waals surface area (Å²) in [5.41, 5.74) is 6.75. The van der Waals surface area contributed by atoms with E-state index >= 15 is 0 Å². The summed E-state index contributed by atoms with van der Waals surface area (Å²) in [6.07, 6.45) is 0.878. The molecule has 0 unspecified atom stereocenters. The molecule has 0 atom stereocenters. The van der Waals surface area contributed by atoms with Crippen LogP contribution in [0, 0.1) is 3.57 Å². The molecule has 0 aliphatic carbocycles. The van der Waals surface area contributed by atoms with Crippen LogP contribution in [0.3, 0.4) is 0 Å². The Balaban J connectivity index is 2.18. The van der Waals surface area contributed by atoms with Crippen molar-refractivity contribution in [2.24, 2.45) is 5.73 Å². The largest absolute Gasteiger partial charge is 0.456 e. The quantitative estimate of drug-likeness (QED) is 0.864. The number of nitrogens with two attached hydrogens (primary N) is 1. The van der Waals surface area contributed by atoms with Crippen molar-refractivity contribution in [2.75, 3.05) is 6.54 Å². The Bertz CT molecular complexity index is 499. The first-order valence-electron chi connectivity index (χ1n) is 5.51. The highest BCUT2D eigenvalue weighted by Crippen LogP contribution is 2.26. The van der Waals surface area contributed by atoms with E-state index in [9.17, 15) is 0 Å². The van der Waals surface area contributed by atoms with Crippen molar-refractivity contribution < 1.29 is 4.74 Å². The molecule has 2 nitrogen and oxygen atoms in total. The number of ether oxygens (including phenoxy) is 1. The fourth-order valence-electron chi connectivity index (χ4n) is 1.59. The summed E-state index contributed by atoms with van der Waals surface area (Å²) in [6, 6.07) is 16.0. The molecule has 0 radical (unpaired) electrons. The lowest BCUT2D eigenvalue weighted by Gasteiger charge is -2.08. The van der Waals surface area contributed by atoms with Gasteiger partial charge in [0.25, 0.3) is 0 Å². The second-order valence-electron chi connectivity index (χ2n) is 3.72. The molecule has 0 spiro atoms. The maximum Gasteiger partial charge on any atom is 0.140 e. The fourth-order valence-corrected chi connectivity index (χ4v) is 2.08. The summed E-state index contributed by atoms with van der Waals surface area (Å²) >= 11 is 2.27. The molecule has 0 aromatic heterocycles. The molecule has 0 heterocycles. The summed E-state index contributed by atoms with van der Waals surface area (Å²) in [5, 5.41) is 0. The van der Waals surface area contributed by atoms with Crippen LogP contribution < -0.4 is 10.5 Å². The lowest BCUT2D eigenvalue weighted by molar-refractivity contribution is 0.478. The smallest absolute Gasteiger partial charge is 0.140 e. The molecule has 17 heavy (non-hydrogen) atoms. The van der Waals surface area contributed by atoms with Gasteiger partial charge in [-0.15, -0.1) is 0 Å². The molecular weight excluding hydrogens is 325 g/mol. The summed E-state index contributed by atoms with van der Waals surface area (Å²) in [5.74, 6) is 1.75. The average molecular weight is 339 g/mol. The van der Waals surface area contributed by atoms with E-state index in [4.69, 9.17) is 10.5 Å². The van der Waals surface area contributed by atoms with E-state index < -0.39 is 0 Å². The third kappa shape index (κ3) is 3.44. The normalized spacial score (nSPS) is 10.2. The van der Waals surface area contributed by atoms with Crippen LogP contribution >= 0.6 is 22.6 Å². The van der Waals surface area contributed by atoms with E-state index in [0.29, 0.717) is 6.54 Å². The van der Waals surface area contributed by atoms with Crippen LogP contribution in [0.1, 0.15) is 5.56 Å². The average Bonchev–Trinajstić information content (AvgIpc) is 2.33. The lowest BCUT2D eigenvalue weighted by atomic mass is 10.1. The van der Waals surface area contributed by atoms with E-state index in [1.165, 1.54) is 5.56 Å². The second-order valence-corrected chi connectivity index (χ2v) is 4.88. The lowest BCUT2D eigenvalue weighted by Crippen LogP contribution is -2.02. The molecule has 0 saturated carbocycles.